The molecule has 1 saturated heterocycles. The first kappa shape index (κ1) is 17.5. The molecule has 2 rings (SSSR count). The Bertz CT molecular complexity index is 520. The number of hydrogen-bond donors (Lipinski definition) is 2. The van der Waals surface area contributed by atoms with Crippen molar-refractivity contribution in [2.45, 2.75) is 58.0 Å². The molecule has 0 saturated carbocycles. The van der Waals surface area contributed by atoms with E-state index in [1.54, 1.807) is 6.26 Å². The predicted octanol–water partition coefficient (Wildman–Crippen LogP) is 2.82. The number of imide groups is 1. The molecular formula is C17H27N3O3. The Morgan fingerprint density at radius 2 is 2.09 bits per heavy atom. The van der Waals surface area contributed by atoms with E-state index in [4.69, 9.17) is 4.42 Å². The molecule has 0 aromatic carbocycles. The summed E-state index contributed by atoms with van der Waals surface area (Å²) in [6, 6.07) is 3.47. The van der Waals surface area contributed by atoms with Gasteiger partial charge in [0.25, 0.3) is 0 Å². The lowest BCUT2D eigenvalue weighted by Crippen LogP contribution is -2.50. The molecule has 23 heavy (non-hydrogen) atoms. The van der Waals surface area contributed by atoms with E-state index in [0.29, 0.717) is 0 Å². The fourth-order valence-electron chi connectivity index (χ4n) is 2.88. The maximum absolute atomic E-state index is 12.2. The monoisotopic (exact) mass is 321 g/mol. The Kier molecular flexibility index (Phi) is 5.82. The Labute approximate surface area is 137 Å². The number of hydrogen-bond acceptors (Lipinski definition) is 4. The van der Waals surface area contributed by atoms with Crippen LogP contribution in [0, 0.1) is 0 Å². The molecule has 6 nitrogen and oxygen atoms in total. The second-order valence-electron chi connectivity index (χ2n) is 7.10. The molecule has 128 valence electrons. The van der Waals surface area contributed by atoms with Crippen LogP contribution < -0.4 is 10.6 Å². The summed E-state index contributed by atoms with van der Waals surface area (Å²) < 4.78 is 5.53. The van der Waals surface area contributed by atoms with Gasteiger partial charge in [0.15, 0.2) is 0 Å². The molecule has 1 atom stereocenters. The normalized spacial score (nSPS) is 19.9. The number of furan rings is 1. The fraction of sp³-hybridized carbons (Fsp3) is 0.647. The van der Waals surface area contributed by atoms with Crippen LogP contribution in [0.4, 0.5) is 4.79 Å². The van der Waals surface area contributed by atoms with Crippen LogP contribution in [0.15, 0.2) is 22.8 Å². The third kappa shape index (κ3) is 5.71. The van der Waals surface area contributed by atoms with Gasteiger partial charge in [0.05, 0.1) is 18.8 Å². The summed E-state index contributed by atoms with van der Waals surface area (Å²) >= 11 is 0. The van der Waals surface area contributed by atoms with Crippen molar-refractivity contribution in [2.24, 2.45) is 0 Å². The topological polar surface area (TPSA) is 74.6 Å². The zero-order chi connectivity index (χ0) is 16.9. The molecule has 1 aliphatic heterocycles. The standard InChI is InChI=1S/C17H27N3O3/c1-17(2,3)19-16(22)18-15(21)12-20-10-6-4-5-8-13(20)14-9-7-11-23-14/h7,9,11,13H,4-6,8,10,12H2,1-3H3,(H2,18,19,21,22). The second-order valence-corrected chi connectivity index (χ2v) is 7.10. The molecule has 1 aliphatic rings. The van der Waals surface area contributed by atoms with Gasteiger partial charge < -0.3 is 9.73 Å². The average Bonchev–Trinajstić information content (AvgIpc) is 2.84. The highest BCUT2D eigenvalue weighted by Crippen LogP contribution is 2.29. The van der Waals surface area contributed by atoms with Crippen LogP contribution in [0.2, 0.25) is 0 Å². The predicted molar refractivity (Wildman–Crippen MR) is 87.9 cm³/mol. The zero-order valence-corrected chi connectivity index (χ0v) is 14.2. The van der Waals surface area contributed by atoms with Crippen molar-refractivity contribution < 1.29 is 14.0 Å². The second kappa shape index (κ2) is 7.64. The number of urea groups is 1. The SMILES string of the molecule is CC(C)(C)NC(=O)NC(=O)CN1CCCCCC1c1ccco1. The average molecular weight is 321 g/mol. The Morgan fingerprint density at radius 3 is 2.74 bits per heavy atom. The Morgan fingerprint density at radius 1 is 1.30 bits per heavy atom. The molecule has 0 aliphatic carbocycles. The van der Waals surface area contributed by atoms with E-state index in [-0.39, 0.29) is 24.0 Å². The number of likely N-dealkylation sites (tertiary alicyclic amines) is 1. The van der Waals surface area contributed by atoms with Crippen LogP contribution in [0.1, 0.15) is 58.3 Å². The van der Waals surface area contributed by atoms with Crippen molar-refractivity contribution in [3.63, 3.8) is 0 Å². The van der Waals surface area contributed by atoms with Crippen molar-refractivity contribution >= 4 is 11.9 Å². The van der Waals surface area contributed by atoms with Crippen LogP contribution in [0.25, 0.3) is 0 Å². The van der Waals surface area contributed by atoms with Crippen LogP contribution in [-0.4, -0.2) is 35.5 Å². The van der Waals surface area contributed by atoms with Crippen LogP contribution in [0.5, 0.6) is 0 Å². The van der Waals surface area contributed by atoms with E-state index in [1.165, 1.54) is 0 Å². The van der Waals surface area contributed by atoms with Crippen LogP contribution >= 0.6 is 0 Å². The maximum Gasteiger partial charge on any atom is 0.321 e. The number of rotatable bonds is 3. The molecule has 3 amide bonds. The molecule has 1 aromatic rings. The Balaban J connectivity index is 1.95. The van der Waals surface area contributed by atoms with Gasteiger partial charge in [0.1, 0.15) is 5.76 Å². The molecule has 0 bridgehead atoms. The van der Waals surface area contributed by atoms with Gasteiger partial charge in [-0.3, -0.25) is 15.0 Å². The lowest BCUT2D eigenvalue weighted by Gasteiger charge is -2.28. The molecule has 6 heteroatoms. The summed E-state index contributed by atoms with van der Waals surface area (Å²) in [6.45, 7) is 6.65. The maximum atomic E-state index is 12.2. The number of carbonyl (C=O) groups excluding carboxylic acids is 2. The summed E-state index contributed by atoms with van der Waals surface area (Å²) in [7, 11) is 0. The third-order valence-corrected chi connectivity index (χ3v) is 3.82. The van der Waals surface area contributed by atoms with Gasteiger partial charge in [-0.25, -0.2) is 4.79 Å². The fourth-order valence-corrected chi connectivity index (χ4v) is 2.88. The highest BCUT2D eigenvalue weighted by atomic mass is 16.3. The first-order valence-corrected chi connectivity index (χ1v) is 8.24. The number of nitrogens with zero attached hydrogens (tertiary/aromatic N) is 1. The van der Waals surface area contributed by atoms with E-state index in [1.807, 2.05) is 32.9 Å². The van der Waals surface area contributed by atoms with Gasteiger partial charge in [-0.2, -0.15) is 0 Å². The molecule has 0 radical (unpaired) electrons. The summed E-state index contributed by atoms with van der Waals surface area (Å²) in [4.78, 5) is 26.1. The van der Waals surface area contributed by atoms with Gasteiger partial charge in [-0.05, 0) is 52.3 Å². The highest BCUT2D eigenvalue weighted by Gasteiger charge is 2.27. The quantitative estimate of drug-likeness (QED) is 0.898. The number of amides is 3. The largest absolute Gasteiger partial charge is 0.468 e. The van der Waals surface area contributed by atoms with E-state index < -0.39 is 6.03 Å². The van der Waals surface area contributed by atoms with Crippen molar-refractivity contribution in [2.75, 3.05) is 13.1 Å². The number of nitrogens with one attached hydrogen (secondary N) is 2. The smallest absolute Gasteiger partial charge is 0.321 e. The van der Waals surface area contributed by atoms with E-state index in [0.717, 1.165) is 38.0 Å². The van der Waals surface area contributed by atoms with Gasteiger partial charge in [-0.1, -0.05) is 12.8 Å². The third-order valence-electron chi connectivity index (χ3n) is 3.82. The van der Waals surface area contributed by atoms with Crippen molar-refractivity contribution in [3.05, 3.63) is 24.2 Å². The molecule has 0 spiro atoms. The lowest BCUT2D eigenvalue weighted by molar-refractivity contribution is -0.121. The van der Waals surface area contributed by atoms with Crippen LogP contribution in [-0.2, 0) is 4.79 Å². The summed E-state index contributed by atoms with van der Waals surface area (Å²) in [5, 5.41) is 5.14. The van der Waals surface area contributed by atoms with Gasteiger partial charge in [-0.15, -0.1) is 0 Å². The highest BCUT2D eigenvalue weighted by molar-refractivity contribution is 5.95. The lowest BCUT2D eigenvalue weighted by atomic mass is 10.1. The Hall–Kier alpha value is -1.82. The minimum absolute atomic E-state index is 0.101. The van der Waals surface area contributed by atoms with E-state index in [9.17, 15) is 9.59 Å². The molecule has 1 fully saturated rings. The molecule has 1 aromatic heterocycles. The van der Waals surface area contributed by atoms with Crippen molar-refractivity contribution in [1.29, 1.82) is 0 Å². The molecular weight excluding hydrogens is 294 g/mol. The summed E-state index contributed by atoms with van der Waals surface area (Å²) in [5.41, 5.74) is -0.371. The molecule has 2 heterocycles. The van der Waals surface area contributed by atoms with Crippen molar-refractivity contribution in [3.8, 4) is 0 Å². The van der Waals surface area contributed by atoms with Gasteiger partial charge >= 0.3 is 6.03 Å². The summed E-state index contributed by atoms with van der Waals surface area (Å²) in [6.07, 6.45) is 5.96. The van der Waals surface area contributed by atoms with Crippen molar-refractivity contribution in [1.82, 2.24) is 15.5 Å². The zero-order valence-electron chi connectivity index (χ0n) is 14.2. The first-order valence-electron chi connectivity index (χ1n) is 8.24. The van der Waals surface area contributed by atoms with E-state index >= 15 is 0 Å². The van der Waals surface area contributed by atoms with Gasteiger partial charge in [0, 0.05) is 5.54 Å². The van der Waals surface area contributed by atoms with Crippen LogP contribution in [0.3, 0.4) is 0 Å². The minimum atomic E-state index is -0.452. The molecule has 1 unspecified atom stereocenters. The summed E-state index contributed by atoms with van der Waals surface area (Å²) in [5.74, 6) is 0.601. The first-order chi connectivity index (χ1) is 10.8. The van der Waals surface area contributed by atoms with Gasteiger partial charge in [0.2, 0.25) is 5.91 Å². The minimum Gasteiger partial charge on any atom is -0.468 e. The molecule has 2 N–H and O–H groups in total. The van der Waals surface area contributed by atoms with E-state index in [2.05, 4.69) is 15.5 Å². The number of carbonyl (C=O) groups is 2.